The monoisotopic (exact) mass is 558 g/mol. The Morgan fingerprint density at radius 3 is 2.61 bits per heavy atom. The molecule has 1 aliphatic heterocycles. The first kappa shape index (κ1) is 22.7. The number of rotatable bonds is 5. The van der Waals surface area contributed by atoms with Gasteiger partial charge in [-0.1, -0.05) is 18.2 Å². The number of halogens is 2. The van der Waals surface area contributed by atoms with Gasteiger partial charge in [-0.25, -0.2) is 14.1 Å². The molecular formula is C24H20FIN4O3. The van der Waals surface area contributed by atoms with Crippen molar-refractivity contribution in [2.75, 3.05) is 11.9 Å². The van der Waals surface area contributed by atoms with Crippen molar-refractivity contribution in [2.24, 2.45) is 0 Å². The highest BCUT2D eigenvalue weighted by atomic mass is 127. The quantitative estimate of drug-likeness (QED) is 0.277. The van der Waals surface area contributed by atoms with Crippen molar-refractivity contribution in [3.05, 3.63) is 86.6 Å². The number of benzene rings is 2. The minimum atomic E-state index is -0.707. The minimum absolute atomic E-state index is 0.0201. The fraction of sp³-hybridized carbons (Fsp3) is 0.125. The molecule has 0 atom stereocenters. The van der Waals surface area contributed by atoms with Gasteiger partial charge in [0.1, 0.15) is 18.1 Å². The van der Waals surface area contributed by atoms with Crippen LogP contribution in [-0.4, -0.2) is 33.9 Å². The topological polar surface area (TPSA) is 83.4 Å². The van der Waals surface area contributed by atoms with Crippen molar-refractivity contribution in [2.45, 2.75) is 13.8 Å². The third kappa shape index (κ3) is 4.68. The zero-order valence-corrected chi connectivity index (χ0v) is 20.0. The van der Waals surface area contributed by atoms with E-state index < -0.39 is 30.2 Å². The summed E-state index contributed by atoms with van der Waals surface area (Å²) < 4.78 is 16.9. The molecule has 2 N–H and O–H groups in total. The van der Waals surface area contributed by atoms with Crippen LogP contribution in [0.5, 0.6) is 0 Å². The average molecular weight is 558 g/mol. The lowest BCUT2D eigenvalue weighted by Crippen LogP contribution is -2.38. The zero-order chi connectivity index (χ0) is 23.7. The van der Waals surface area contributed by atoms with E-state index in [0.29, 0.717) is 0 Å². The highest BCUT2D eigenvalue weighted by Gasteiger charge is 2.35. The predicted molar refractivity (Wildman–Crippen MR) is 131 cm³/mol. The number of hydrogen-bond acceptors (Lipinski definition) is 3. The molecule has 0 bridgehead atoms. The summed E-state index contributed by atoms with van der Waals surface area (Å²) in [6, 6.07) is 14.9. The van der Waals surface area contributed by atoms with E-state index in [1.807, 2.05) is 38.1 Å². The van der Waals surface area contributed by atoms with Gasteiger partial charge >= 0.3 is 6.03 Å². The SMILES string of the molecule is Cc1cc(/C=C2/NC(=O)N(CC(=O)Nc3ccccc3F)C2=O)c(C)n1-c1cccc(I)c1. The van der Waals surface area contributed by atoms with Crippen LogP contribution in [0.25, 0.3) is 11.8 Å². The summed E-state index contributed by atoms with van der Waals surface area (Å²) in [5.74, 6) is -1.91. The molecule has 2 aromatic carbocycles. The number of carbonyl (C=O) groups is 3. The number of nitrogens with one attached hydrogen (secondary N) is 2. The van der Waals surface area contributed by atoms with Crippen LogP contribution >= 0.6 is 22.6 Å². The molecule has 1 fully saturated rings. The maximum Gasteiger partial charge on any atom is 0.329 e. The Kier molecular flexibility index (Phi) is 6.32. The van der Waals surface area contributed by atoms with Gasteiger partial charge in [0.25, 0.3) is 5.91 Å². The predicted octanol–water partition coefficient (Wildman–Crippen LogP) is 4.37. The third-order valence-electron chi connectivity index (χ3n) is 5.25. The number of aryl methyl sites for hydroxylation is 1. The van der Waals surface area contributed by atoms with Gasteiger partial charge < -0.3 is 15.2 Å². The molecular weight excluding hydrogens is 538 g/mol. The van der Waals surface area contributed by atoms with E-state index in [2.05, 4.69) is 43.9 Å². The third-order valence-corrected chi connectivity index (χ3v) is 5.92. The van der Waals surface area contributed by atoms with Crippen LogP contribution in [0.3, 0.4) is 0 Å². The fourth-order valence-electron chi connectivity index (χ4n) is 3.71. The Balaban J connectivity index is 1.54. The molecule has 0 unspecified atom stereocenters. The first-order valence-corrected chi connectivity index (χ1v) is 11.2. The van der Waals surface area contributed by atoms with Gasteiger partial charge in [0.15, 0.2) is 0 Å². The van der Waals surface area contributed by atoms with Gasteiger partial charge in [-0.3, -0.25) is 9.59 Å². The molecule has 0 saturated carbocycles. The highest BCUT2D eigenvalue weighted by molar-refractivity contribution is 14.1. The van der Waals surface area contributed by atoms with Crippen molar-refractivity contribution < 1.29 is 18.8 Å². The summed E-state index contributed by atoms with van der Waals surface area (Å²) in [5, 5.41) is 4.90. The maximum atomic E-state index is 13.8. The smallest absolute Gasteiger partial charge is 0.322 e. The maximum absolute atomic E-state index is 13.8. The molecule has 33 heavy (non-hydrogen) atoms. The van der Waals surface area contributed by atoms with E-state index in [1.165, 1.54) is 18.2 Å². The molecule has 0 spiro atoms. The lowest BCUT2D eigenvalue weighted by Gasteiger charge is -2.12. The molecule has 2 heterocycles. The highest BCUT2D eigenvalue weighted by Crippen LogP contribution is 2.25. The lowest BCUT2D eigenvalue weighted by atomic mass is 10.2. The summed E-state index contributed by atoms with van der Waals surface area (Å²) in [7, 11) is 0. The van der Waals surface area contributed by atoms with Crippen molar-refractivity contribution in [1.82, 2.24) is 14.8 Å². The van der Waals surface area contributed by atoms with Gasteiger partial charge in [-0.2, -0.15) is 0 Å². The molecule has 1 saturated heterocycles. The Bertz CT molecular complexity index is 1310. The Hall–Kier alpha value is -3.47. The van der Waals surface area contributed by atoms with Gasteiger partial charge in [0.05, 0.1) is 5.69 Å². The Morgan fingerprint density at radius 2 is 1.88 bits per heavy atom. The Labute approximate surface area is 203 Å². The number of aromatic nitrogens is 1. The van der Waals surface area contributed by atoms with Crippen LogP contribution in [0.1, 0.15) is 17.0 Å². The standard InChI is InChI=1S/C24H20FIN4O3/c1-14-10-16(15(2)30(14)18-7-5-6-17(26)12-18)11-21-23(32)29(24(33)28-21)13-22(31)27-20-9-4-3-8-19(20)25/h3-12H,13H2,1-2H3,(H,27,31)(H,28,33)/b21-11+. The number of amides is 4. The first-order valence-electron chi connectivity index (χ1n) is 10.1. The van der Waals surface area contributed by atoms with Crippen LogP contribution in [-0.2, 0) is 9.59 Å². The molecule has 4 rings (SSSR count). The van der Waals surface area contributed by atoms with Crippen LogP contribution in [0, 0.1) is 23.2 Å². The molecule has 1 aliphatic rings. The number of nitrogens with zero attached hydrogens (tertiary/aromatic N) is 2. The lowest BCUT2D eigenvalue weighted by molar-refractivity contribution is -0.127. The number of hydrogen-bond donors (Lipinski definition) is 2. The van der Waals surface area contributed by atoms with Crippen LogP contribution in [0.4, 0.5) is 14.9 Å². The zero-order valence-electron chi connectivity index (χ0n) is 17.9. The van der Waals surface area contributed by atoms with Gasteiger partial charge in [0, 0.05) is 20.6 Å². The molecule has 4 amide bonds. The van der Waals surface area contributed by atoms with Gasteiger partial charge in [0.2, 0.25) is 5.91 Å². The molecule has 1 aromatic heterocycles. The summed E-state index contributed by atoms with van der Waals surface area (Å²) in [4.78, 5) is 38.2. The van der Waals surface area contributed by atoms with Gasteiger partial charge in [-0.15, -0.1) is 0 Å². The molecule has 0 aliphatic carbocycles. The second-order valence-corrected chi connectivity index (χ2v) is 8.79. The second kappa shape index (κ2) is 9.18. The van der Waals surface area contributed by atoms with E-state index in [-0.39, 0.29) is 11.4 Å². The van der Waals surface area contributed by atoms with E-state index in [4.69, 9.17) is 0 Å². The van der Waals surface area contributed by atoms with Crippen molar-refractivity contribution in [1.29, 1.82) is 0 Å². The number of anilines is 1. The summed E-state index contributed by atoms with van der Waals surface area (Å²) in [6.45, 7) is 3.36. The molecule has 3 aromatic rings. The van der Waals surface area contributed by atoms with Crippen molar-refractivity contribution in [3.8, 4) is 5.69 Å². The van der Waals surface area contributed by atoms with E-state index in [9.17, 15) is 18.8 Å². The van der Waals surface area contributed by atoms with E-state index in [0.717, 1.165) is 31.1 Å². The van der Waals surface area contributed by atoms with Crippen molar-refractivity contribution >= 4 is 52.2 Å². The van der Waals surface area contributed by atoms with Crippen LogP contribution < -0.4 is 10.6 Å². The number of imide groups is 1. The molecule has 9 heteroatoms. The number of para-hydroxylation sites is 1. The van der Waals surface area contributed by atoms with E-state index in [1.54, 1.807) is 12.1 Å². The summed E-state index contributed by atoms with van der Waals surface area (Å²) >= 11 is 2.25. The minimum Gasteiger partial charge on any atom is -0.322 e. The molecule has 7 nitrogen and oxygen atoms in total. The fourth-order valence-corrected chi connectivity index (χ4v) is 4.24. The molecule has 168 valence electrons. The van der Waals surface area contributed by atoms with E-state index >= 15 is 0 Å². The Morgan fingerprint density at radius 1 is 1.12 bits per heavy atom. The number of carbonyl (C=O) groups excluding carboxylic acids is 3. The van der Waals surface area contributed by atoms with Gasteiger partial charge in [-0.05, 0) is 84.5 Å². The molecule has 0 radical (unpaired) electrons. The average Bonchev–Trinajstić information content (AvgIpc) is 3.19. The van der Waals surface area contributed by atoms with Crippen LogP contribution in [0.2, 0.25) is 0 Å². The number of urea groups is 1. The normalized spacial score (nSPS) is 14.7. The first-order chi connectivity index (χ1) is 15.7. The van der Waals surface area contributed by atoms with Crippen LogP contribution in [0.15, 0.2) is 60.3 Å². The summed E-state index contributed by atoms with van der Waals surface area (Å²) in [6.07, 6.45) is 1.60. The largest absolute Gasteiger partial charge is 0.329 e. The summed E-state index contributed by atoms with van der Waals surface area (Å²) in [5.41, 5.74) is 3.69. The van der Waals surface area contributed by atoms with Crippen molar-refractivity contribution in [3.63, 3.8) is 0 Å². The second-order valence-electron chi connectivity index (χ2n) is 7.55.